The molecular formula is C8H14BrN. The molecule has 2 N–H and O–H groups in total. The van der Waals surface area contributed by atoms with E-state index in [0.29, 0.717) is 0 Å². The van der Waals surface area contributed by atoms with Crippen molar-refractivity contribution in [3.63, 3.8) is 0 Å². The van der Waals surface area contributed by atoms with Crippen molar-refractivity contribution in [3.8, 4) is 0 Å². The third-order valence-corrected chi connectivity index (χ3v) is 0.845. The second-order valence-corrected chi connectivity index (χ2v) is 2.35. The van der Waals surface area contributed by atoms with Gasteiger partial charge < -0.3 is 5.73 Å². The van der Waals surface area contributed by atoms with E-state index in [4.69, 9.17) is 0 Å². The van der Waals surface area contributed by atoms with Gasteiger partial charge in [-0.15, -0.1) is 0 Å². The van der Waals surface area contributed by atoms with Gasteiger partial charge in [0.2, 0.25) is 0 Å². The van der Waals surface area contributed by atoms with E-state index in [2.05, 4.69) is 28.2 Å². The van der Waals surface area contributed by atoms with Crippen LogP contribution < -0.4 is 5.73 Å². The highest BCUT2D eigenvalue weighted by atomic mass is 79.9. The molecule has 1 nitrogen and oxygen atoms in total. The van der Waals surface area contributed by atoms with Gasteiger partial charge in [0.15, 0.2) is 0 Å². The Morgan fingerprint density at radius 2 is 1.90 bits per heavy atom. The lowest BCUT2D eigenvalue weighted by Crippen LogP contribution is -1.69. The van der Waals surface area contributed by atoms with Crippen LogP contribution in [-0.4, -0.2) is 7.05 Å². The zero-order chi connectivity index (χ0) is 8.41. The zero-order valence-corrected chi connectivity index (χ0v) is 8.06. The van der Waals surface area contributed by atoms with E-state index in [9.17, 15) is 0 Å². The Hall–Kier alpha value is -0.340. The maximum absolute atomic E-state index is 4.50. The minimum atomic E-state index is 0.899. The topological polar surface area (TPSA) is 26.0 Å². The normalized spacial score (nSPS) is 9.60. The number of allylic oxidation sites excluding steroid dienone is 5. The number of rotatable bonds is 2. The summed E-state index contributed by atoms with van der Waals surface area (Å²) in [4.78, 5) is 0. The molecule has 2 heteroatoms. The summed E-state index contributed by atoms with van der Waals surface area (Å²) in [5.41, 5.74) is 4.50. The molecule has 0 saturated carbocycles. The van der Waals surface area contributed by atoms with E-state index >= 15 is 0 Å². The fourth-order valence-electron chi connectivity index (χ4n) is 0.271. The molecule has 0 bridgehead atoms. The van der Waals surface area contributed by atoms with Gasteiger partial charge in [0.05, 0.1) is 0 Å². The van der Waals surface area contributed by atoms with Crippen LogP contribution in [-0.2, 0) is 0 Å². The van der Waals surface area contributed by atoms with E-state index in [1.807, 2.05) is 31.2 Å². The lowest BCUT2D eigenvalue weighted by molar-refractivity contribution is 1.48. The van der Waals surface area contributed by atoms with Crippen LogP contribution in [0.2, 0.25) is 0 Å². The second-order valence-electron chi connectivity index (χ2n) is 1.33. The highest BCUT2D eigenvalue weighted by molar-refractivity contribution is 9.11. The predicted octanol–water partition coefficient (Wildman–Crippen LogP) is 2.60. The summed E-state index contributed by atoms with van der Waals surface area (Å²) < 4.78 is 0.899. The Bertz CT molecular complexity index is 125. The number of hydrogen-bond donors (Lipinski definition) is 1. The molecule has 0 amide bonds. The summed E-state index contributed by atoms with van der Waals surface area (Å²) in [5, 5.41) is 0. The molecule has 0 fully saturated rings. The Balaban J connectivity index is 0. The van der Waals surface area contributed by atoms with Crippen LogP contribution >= 0.6 is 15.9 Å². The number of hydrogen-bond acceptors (Lipinski definition) is 1. The Morgan fingerprint density at radius 1 is 1.40 bits per heavy atom. The van der Waals surface area contributed by atoms with Crippen LogP contribution in [0.15, 0.2) is 35.4 Å². The van der Waals surface area contributed by atoms with E-state index in [-0.39, 0.29) is 0 Å². The van der Waals surface area contributed by atoms with Crippen molar-refractivity contribution in [2.24, 2.45) is 5.73 Å². The molecule has 0 rings (SSSR count). The minimum absolute atomic E-state index is 0.899. The van der Waals surface area contributed by atoms with Gasteiger partial charge >= 0.3 is 0 Å². The fourth-order valence-corrected chi connectivity index (χ4v) is 0.424. The highest BCUT2D eigenvalue weighted by Gasteiger charge is 1.69. The Kier molecular flexibility index (Phi) is 14.1. The van der Waals surface area contributed by atoms with Crippen molar-refractivity contribution >= 4 is 15.9 Å². The van der Waals surface area contributed by atoms with Crippen molar-refractivity contribution in [1.82, 2.24) is 0 Å². The molecule has 0 aromatic rings. The standard InChI is InChI=1S/C7H9Br.CH5N/c1-3-4-5-6-7(2)8;1-2/h3-6H,2H2,1H3;2H2,1H3/b4-3-,6-5-;. The molecule has 0 unspecified atom stereocenters. The SMILES string of the molecule is C=C(Br)/C=C\C=C/C.CN. The third-order valence-electron chi connectivity index (χ3n) is 0.581. The summed E-state index contributed by atoms with van der Waals surface area (Å²) >= 11 is 3.19. The van der Waals surface area contributed by atoms with Crippen molar-refractivity contribution in [2.45, 2.75) is 6.92 Å². The van der Waals surface area contributed by atoms with Crippen LogP contribution in [0, 0.1) is 0 Å². The molecule has 0 aromatic carbocycles. The quantitative estimate of drug-likeness (QED) is 0.687. The molecule has 0 spiro atoms. The predicted molar refractivity (Wildman–Crippen MR) is 52.1 cm³/mol. The second kappa shape index (κ2) is 11.5. The molecular weight excluding hydrogens is 190 g/mol. The lowest BCUT2D eigenvalue weighted by Gasteiger charge is -1.75. The van der Waals surface area contributed by atoms with Gasteiger partial charge in [-0.25, -0.2) is 0 Å². The zero-order valence-electron chi connectivity index (χ0n) is 6.47. The molecule has 0 atom stereocenters. The van der Waals surface area contributed by atoms with Gasteiger partial charge in [-0.1, -0.05) is 40.7 Å². The molecule has 10 heavy (non-hydrogen) atoms. The highest BCUT2D eigenvalue weighted by Crippen LogP contribution is 2.00. The maximum Gasteiger partial charge on any atom is 0.0103 e. The first-order chi connectivity index (χ1) is 4.77. The molecule has 0 aromatic heterocycles. The number of nitrogens with two attached hydrogens (primary N) is 1. The van der Waals surface area contributed by atoms with Gasteiger partial charge in [0.25, 0.3) is 0 Å². The fraction of sp³-hybridized carbons (Fsp3) is 0.250. The summed E-state index contributed by atoms with van der Waals surface area (Å²) in [6.07, 6.45) is 7.73. The monoisotopic (exact) mass is 203 g/mol. The van der Waals surface area contributed by atoms with E-state index < -0.39 is 0 Å². The van der Waals surface area contributed by atoms with Crippen LogP contribution in [0.25, 0.3) is 0 Å². The molecule has 0 radical (unpaired) electrons. The van der Waals surface area contributed by atoms with Crippen LogP contribution in [0.4, 0.5) is 0 Å². The van der Waals surface area contributed by atoms with Crippen molar-refractivity contribution in [1.29, 1.82) is 0 Å². The van der Waals surface area contributed by atoms with Crippen LogP contribution in [0.1, 0.15) is 6.92 Å². The maximum atomic E-state index is 4.50. The number of halogens is 1. The summed E-state index contributed by atoms with van der Waals surface area (Å²) in [5.74, 6) is 0. The van der Waals surface area contributed by atoms with Gasteiger partial charge in [0.1, 0.15) is 0 Å². The third kappa shape index (κ3) is 15.6. The first kappa shape index (κ1) is 12.3. The van der Waals surface area contributed by atoms with Crippen LogP contribution in [0.5, 0.6) is 0 Å². The van der Waals surface area contributed by atoms with E-state index in [0.717, 1.165) is 4.48 Å². The Morgan fingerprint density at radius 3 is 2.20 bits per heavy atom. The molecule has 0 heterocycles. The average molecular weight is 204 g/mol. The van der Waals surface area contributed by atoms with Gasteiger partial charge in [-0.3, -0.25) is 0 Å². The van der Waals surface area contributed by atoms with Crippen molar-refractivity contribution < 1.29 is 0 Å². The van der Waals surface area contributed by atoms with Gasteiger partial charge in [-0.2, -0.15) is 0 Å². The van der Waals surface area contributed by atoms with Gasteiger partial charge in [0, 0.05) is 4.48 Å². The van der Waals surface area contributed by atoms with Crippen molar-refractivity contribution in [3.05, 3.63) is 35.4 Å². The summed E-state index contributed by atoms with van der Waals surface area (Å²) in [6.45, 7) is 5.60. The van der Waals surface area contributed by atoms with Gasteiger partial charge in [-0.05, 0) is 20.0 Å². The van der Waals surface area contributed by atoms with E-state index in [1.54, 1.807) is 0 Å². The molecule has 58 valence electrons. The molecule has 0 saturated heterocycles. The van der Waals surface area contributed by atoms with Crippen molar-refractivity contribution in [2.75, 3.05) is 7.05 Å². The molecule has 0 aliphatic carbocycles. The average Bonchev–Trinajstić information content (AvgIpc) is 1.92. The summed E-state index contributed by atoms with van der Waals surface area (Å²) in [6, 6.07) is 0. The molecule has 0 aliphatic rings. The lowest BCUT2D eigenvalue weighted by atomic mass is 10.4. The Labute approximate surface area is 71.4 Å². The van der Waals surface area contributed by atoms with E-state index in [1.165, 1.54) is 7.05 Å². The van der Waals surface area contributed by atoms with Crippen LogP contribution in [0.3, 0.4) is 0 Å². The first-order valence-electron chi connectivity index (χ1n) is 2.99. The minimum Gasteiger partial charge on any atom is -0.333 e. The largest absolute Gasteiger partial charge is 0.333 e. The molecule has 0 aliphatic heterocycles. The summed E-state index contributed by atoms with van der Waals surface area (Å²) in [7, 11) is 1.50. The first-order valence-corrected chi connectivity index (χ1v) is 3.78. The smallest absolute Gasteiger partial charge is 0.0103 e.